The minimum atomic E-state index is 0.0294. The first-order chi connectivity index (χ1) is 11.6. The Morgan fingerprint density at radius 2 is 2.17 bits per heavy atom. The third-order valence-corrected chi connectivity index (χ3v) is 6.15. The maximum Gasteiger partial charge on any atom is 0.315 e. The largest absolute Gasteiger partial charge is 0.377 e. The summed E-state index contributed by atoms with van der Waals surface area (Å²) in [5.41, 5.74) is 0.419. The SMILES string of the molecule is CCCC1(CNC(=O)NC2CCN(CC3CCCO3)CC2C)CC1. The van der Waals surface area contributed by atoms with Crippen LogP contribution in [0.1, 0.15) is 58.8 Å². The second-order valence-electron chi connectivity index (χ2n) is 8.34. The van der Waals surface area contributed by atoms with Crippen LogP contribution in [0, 0.1) is 11.3 Å². The lowest BCUT2D eigenvalue weighted by atomic mass is 9.93. The van der Waals surface area contributed by atoms with E-state index >= 15 is 0 Å². The van der Waals surface area contributed by atoms with Crippen molar-refractivity contribution in [3.8, 4) is 0 Å². The van der Waals surface area contributed by atoms with Crippen LogP contribution in [0.25, 0.3) is 0 Å². The normalized spacial score (nSPS) is 32.5. The van der Waals surface area contributed by atoms with Crippen molar-refractivity contribution >= 4 is 6.03 Å². The van der Waals surface area contributed by atoms with E-state index in [9.17, 15) is 4.79 Å². The Hall–Kier alpha value is -0.810. The van der Waals surface area contributed by atoms with Crippen molar-refractivity contribution in [3.05, 3.63) is 0 Å². The lowest BCUT2D eigenvalue weighted by Gasteiger charge is -2.38. The Morgan fingerprint density at radius 1 is 1.33 bits per heavy atom. The number of hydrogen-bond donors (Lipinski definition) is 2. The summed E-state index contributed by atoms with van der Waals surface area (Å²) in [5.74, 6) is 0.497. The van der Waals surface area contributed by atoms with Crippen molar-refractivity contribution in [2.45, 2.75) is 70.9 Å². The molecule has 2 amide bonds. The summed E-state index contributed by atoms with van der Waals surface area (Å²) in [6.45, 7) is 9.44. The summed E-state index contributed by atoms with van der Waals surface area (Å²) < 4.78 is 5.75. The molecule has 5 heteroatoms. The number of amides is 2. The zero-order valence-electron chi connectivity index (χ0n) is 15.5. The molecule has 1 aliphatic carbocycles. The molecule has 0 aromatic rings. The average Bonchev–Trinajstić information content (AvgIpc) is 3.13. The van der Waals surface area contributed by atoms with E-state index in [0.717, 1.165) is 39.2 Å². The number of ether oxygens (including phenoxy) is 1. The summed E-state index contributed by atoms with van der Waals surface area (Å²) in [4.78, 5) is 14.8. The Morgan fingerprint density at radius 3 is 2.79 bits per heavy atom. The minimum absolute atomic E-state index is 0.0294. The van der Waals surface area contributed by atoms with Gasteiger partial charge in [-0.1, -0.05) is 20.3 Å². The van der Waals surface area contributed by atoms with E-state index < -0.39 is 0 Å². The number of carbonyl (C=O) groups is 1. The molecule has 138 valence electrons. The number of hydrogen-bond acceptors (Lipinski definition) is 3. The van der Waals surface area contributed by atoms with E-state index in [1.165, 1.54) is 38.5 Å². The molecule has 0 aromatic heterocycles. The zero-order valence-corrected chi connectivity index (χ0v) is 15.5. The number of carbonyl (C=O) groups excluding carboxylic acids is 1. The maximum atomic E-state index is 12.2. The van der Waals surface area contributed by atoms with E-state index in [0.29, 0.717) is 23.5 Å². The molecule has 3 atom stereocenters. The van der Waals surface area contributed by atoms with Gasteiger partial charge in [-0.15, -0.1) is 0 Å². The molecule has 0 spiro atoms. The van der Waals surface area contributed by atoms with Crippen molar-refractivity contribution in [2.75, 3.05) is 32.8 Å². The summed E-state index contributed by atoms with van der Waals surface area (Å²) in [6.07, 6.45) is 8.89. The first-order valence-electron chi connectivity index (χ1n) is 9.98. The molecule has 3 rings (SSSR count). The molecule has 2 saturated heterocycles. The molecule has 5 nitrogen and oxygen atoms in total. The van der Waals surface area contributed by atoms with Gasteiger partial charge in [0.15, 0.2) is 0 Å². The number of urea groups is 1. The van der Waals surface area contributed by atoms with Gasteiger partial charge in [0.25, 0.3) is 0 Å². The first-order valence-corrected chi connectivity index (χ1v) is 9.98. The molecule has 3 aliphatic rings. The fourth-order valence-corrected chi connectivity index (χ4v) is 4.40. The predicted octanol–water partition coefficient (Wildman–Crippen LogP) is 2.76. The standard InChI is InChI=1S/C19H35N3O2/c1-3-7-19(8-9-19)14-20-18(23)21-17-6-10-22(12-15(17)2)13-16-5-4-11-24-16/h15-17H,3-14H2,1-2H3,(H2,20,21,23). The van der Waals surface area contributed by atoms with Crippen LogP contribution in [0.3, 0.4) is 0 Å². The third-order valence-electron chi connectivity index (χ3n) is 6.15. The third kappa shape index (κ3) is 4.85. The van der Waals surface area contributed by atoms with Crippen LogP contribution in [-0.4, -0.2) is 55.9 Å². The smallest absolute Gasteiger partial charge is 0.315 e. The van der Waals surface area contributed by atoms with Gasteiger partial charge >= 0.3 is 6.03 Å². The van der Waals surface area contributed by atoms with E-state index in [-0.39, 0.29) is 6.03 Å². The predicted molar refractivity (Wildman–Crippen MR) is 96.1 cm³/mol. The summed E-state index contributed by atoms with van der Waals surface area (Å²) in [7, 11) is 0. The van der Waals surface area contributed by atoms with Gasteiger partial charge in [0.05, 0.1) is 6.10 Å². The first kappa shape index (κ1) is 18.0. The highest BCUT2D eigenvalue weighted by Crippen LogP contribution is 2.48. The van der Waals surface area contributed by atoms with E-state index in [1.807, 2.05) is 0 Å². The number of piperidine rings is 1. The van der Waals surface area contributed by atoms with Crippen LogP contribution in [0.15, 0.2) is 0 Å². The monoisotopic (exact) mass is 337 g/mol. The van der Waals surface area contributed by atoms with Crippen LogP contribution < -0.4 is 10.6 Å². The Bertz CT molecular complexity index is 419. The van der Waals surface area contributed by atoms with Crippen LogP contribution in [0.2, 0.25) is 0 Å². The quantitative estimate of drug-likeness (QED) is 0.751. The van der Waals surface area contributed by atoms with Gasteiger partial charge in [-0.05, 0) is 49.9 Å². The Balaban J connectivity index is 1.36. The van der Waals surface area contributed by atoms with Gasteiger partial charge in [0.2, 0.25) is 0 Å². The van der Waals surface area contributed by atoms with Gasteiger partial charge in [0, 0.05) is 38.8 Å². The second kappa shape index (κ2) is 8.05. The highest BCUT2D eigenvalue weighted by atomic mass is 16.5. The highest BCUT2D eigenvalue weighted by molar-refractivity contribution is 5.74. The van der Waals surface area contributed by atoms with Gasteiger partial charge in [0.1, 0.15) is 0 Å². The lowest BCUT2D eigenvalue weighted by Crippen LogP contribution is -2.53. The summed E-state index contributed by atoms with van der Waals surface area (Å²) in [5, 5.41) is 6.34. The van der Waals surface area contributed by atoms with Crippen molar-refractivity contribution in [1.29, 1.82) is 0 Å². The van der Waals surface area contributed by atoms with Crippen LogP contribution >= 0.6 is 0 Å². The molecule has 3 unspecified atom stereocenters. The molecule has 2 aliphatic heterocycles. The fraction of sp³-hybridized carbons (Fsp3) is 0.947. The average molecular weight is 338 g/mol. The molecule has 24 heavy (non-hydrogen) atoms. The van der Waals surface area contributed by atoms with Gasteiger partial charge in [-0.2, -0.15) is 0 Å². The van der Waals surface area contributed by atoms with Crippen LogP contribution in [0.4, 0.5) is 4.79 Å². The van der Waals surface area contributed by atoms with Crippen molar-refractivity contribution in [1.82, 2.24) is 15.5 Å². The summed E-state index contributed by atoms with van der Waals surface area (Å²) >= 11 is 0. The van der Waals surface area contributed by atoms with Gasteiger partial charge < -0.3 is 20.3 Å². The van der Waals surface area contributed by atoms with Crippen molar-refractivity contribution < 1.29 is 9.53 Å². The summed E-state index contributed by atoms with van der Waals surface area (Å²) in [6, 6.07) is 0.328. The molecule has 0 bridgehead atoms. The minimum Gasteiger partial charge on any atom is -0.377 e. The van der Waals surface area contributed by atoms with Crippen LogP contribution in [0.5, 0.6) is 0 Å². The zero-order chi connectivity index (χ0) is 17.0. The highest BCUT2D eigenvalue weighted by Gasteiger charge is 2.41. The molecule has 0 aromatic carbocycles. The molecular formula is C19H35N3O2. The second-order valence-corrected chi connectivity index (χ2v) is 8.34. The molecule has 2 heterocycles. The Labute approximate surface area is 146 Å². The number of rotatable bonds is 7. The number of nitrogens with one attached hydrogen (secondary N) is 2. The Kier molecular flexibility index (Phi) is 6.03. The van der Waals surface area contributed by atoms with Gasteiger partial charge in [-0.3, -0.25) is 0 Å². The molecule has 1 saturated carbocycles. The van der Waals surface area contributed by atoms with Crippen LogP contribution in [-0.2, 0) is 4.74 Å². The topological polar surface area (TPSA) is 53.6 Å². The number of nitrogens with zero attached hydrogens (tertiary/aromatic N) is 1. The molecule has 0 radical (unpaired) electrons. The van der Waals surface area contributed by atoms with E-state index in [2.05, 4.69) is 29.4 Å². The van der Waals surface area contributed by atoms with E-state index in [4.69, 9.17) is 4.74 Å². The molecule has 2 N–H and O–H groups in total. The maximum absolute atomic E-state index is 12.2. The van der Waals surface area contributed by atoms with E-state index in [1.54, 1.807) is 0 Å². The molecule has 3 fully saturated rings. The number of likely N-dealkylation sites (tertiary alicyclic amines) is 1. The van der Waals surface area contributed by atoms with Gasteiger partial charge in [-0.25, -0.2) is 4.79 Å². The lowest BCUT2D eigenvalue weighted by molar-refractivity contribution is 0.0522. The van der Waals surface area contributed by atoms with Crippen molar-refractivity contribution in [2.24, 2.45) is 11.3 Å². The van der Waals surface area contributed by atoms with Crippen molar-refractivity contribution in [3.63, 3.8) is 0 Å². The fourth-order valence-electron chi connectivity index (χ4n) is 4.40. The molecular weight excluding hydrogens is 302 g/mol.